The number of hydrogen-bond acceptors (Lipinski definition) is 4. The maximum absolute atomic E-state index is 9.76. The highest BCUT2D eigenvalue weighted by Crippen LogP contribution is 2.34. The number of anilines is 1. The summed E-state index contributed by atoms with van der Waals surface area (Å²) >= 11 is 12.0. The van der Waals surface area contributed by atoms with Gasteiger partial charge < -0.3 is 9.84 Å². The van der Waals surface area contributed by atoms with Gasteiger partial charge in [0.25, 0.3) is 0 Å². The van der Waals surface area contributed by atoms with E-state index in [0.29, 0.717) is 28.6 Å². The average molecular weight is 325 g/mol. The third-order valence-corrected chi connectivity index (χ3v) is 3.24. The fourth-order valence-electron chi connectivity index (χ4n) is 1.66. The van der Waals surface area contributed by atoms with Crippen molar-refractivity contribution in [2.45, 2.75) is 6.92 Å². The van der Waals surface area contributed by atoms with Gasteiger partial charge in [-0.05, 0) is 36.8 Å². The normalized spacial score (nSPS) is 10.8. The molecule has 0 aliphatic rings. The molecule has 2 N–H and O–H groups in total. The molecule has 0 saturated carbocycles. The largest absolute Gasteiger partial charge is 0.503 e. The number of nitrogens with one attached hydrogen (secondary N) is 1. The van der Waals surface area contributed by atoms with Crippen molar-refractivity contribution in [3.63, 3.8) is 0 Å². The van der Waals surface area contributed by atoms with Crippen molar-refractivity contribution in [3.05, 3.63) is 52.0 Å². The van der Waals surface area contributed by atoms with Crippen molar-refractivity contribution in [3.8, 4) is 11.5 Å². The van der Waals surface area contributed by atoms with Crippen LogP contribution in [0.25, 0.3) is 0 Å². The molecule has 0 saturated heterocycles. The summed E-state index contributed by atoms with van der Waals surface area (Å²) in [6, 6.07) is 10.5. The molecule has 2 aromatic carbocycles. The molecule has 0 amide bonds. The average Bonchev–Trinajstić information content (AvgIpc) is 2.46. The lowest BCUT2D eigenvalue weighted by molar-refractivity contribution is 0.318. The maximum atomic E-state index is 9.76. The van der Waals surface area contributed by atoms with Gasteiger partial charge in [-0.15, -0.1) is 0 Å². The molecule has 0 aliphatic carbocycles. The third-order valence-electron chi connectivity index (χ3n) is 2.62. The number of halogens is 2. The molecule has 0 heterocycles. The molecule has 0 aromatic heterocycles. The highest BCUT2D eigenvalue weighted by atomic mass is 35.5. The minimum absolute atomic E-state index is 0.0743. The van der Waals surface area contributed by atoms with Gasteiger partial charge in [0.2, 0.25) is 0 Å². The van der Waals surface area contributed by atoms with Crippen LogP contribution in [-0.4, -0.2) is 17.9 Å². The number of phenolic OH excluding ortho intramolecular Hbond substituents is 1. The van der Waals surface area contributed by atoms with Gasteiger partial charge in [0.15, 0.2) is 11.5 Å². The fraction of sp³-hybridized carbons (Fsp3) is 0.133. The van der Waals surface area contributed by atoms with Crippen LogP contribution in [0.5, 0.6) is 11.5 Å². The topological polar surface area (TPSA) is 53.8 Å². The standard InChI is InChI=1S/C15H14Cl2N2O2/c1-2-21-14-8-10(7-12(17)15(14)20)9-18-19-13-6-4-3-5-11(13)16/h3-9,19-20H,2H2,1H3/b18-9+. The zero-order valence-corrected chi connectivity index (χ0v) is 12.8. The Kier molecular flexibility index (Phi) is 5.31. The minimum Gasteiger partial charge on any atom is -0.503 e. The van der Waals surface area contributed by atoms with Gasteiger partial charge in [0.1, 0.15) is 0 Å². The van der Waals surface area contributed by atoms with Gasteiger partial charge >= 0.3 is 0 Å². The summed E-state index contributed by atoms with van der Waals surface area (Å²) in [5, 5.41) is 14.6. The molecule has 0 fully saturated rings. The smallest absolute Gasteiger partial charge is 0.176 e. The Morgan fingerprint density at radius 3 is 2.71 bits per heavy atom. The summed E-state index contributed by atoms with van der Waals surface area (Å²) in [6.07, 6.45) is 1.57. The lowest BCUT2D eigenvalue weighted by atomic mass is 10.2. The second-order valence-corrected chi connectivity index (χ2v) is 4.95. The Hall–Kier alpha value is -1.91. The highest BCUT2D eigenvalue weighted by molar-refractivity contribution is 6.33. The quantitative estimate of drug-likeness (QED) is 0.627. The van der Waals surface area contributed by atoms with Gasteiger partial charge in [-0.25, -0.2) is 0 Å². The summed E-state index contributed by atoms with van der Waals surface area (Å²) in [5.41, 5.74) is 4.23. The predicted molar refractivity (Wildman–Crippen MR) is 87.0 cm³/mol. The van der Waals surface area contributed by atoms with E-state index in [1.807, 2.05) is 25.1 Å². The van der Waals surface area contributed by atoms with Crippen molar-refractivity contribution in [2.24, 2.45) is 5.10 Å². The molecule has 0 atom stereocenters. The molecule has 0 unspecified atom stereocenters. The molecule has 0 radical (unpaired) electrons. The lowest BCUT2D eigenvalue weighted by Gasteiger charge is -2.08. The van der Waals surface area contributed by atoms with Crippen LogP contribution in [0.2, 0.25) is 10.0 Å². The van der Waals surface area contributed by atoms with Crippen molar-refractivity contribution in [1.82, 2.24) is 0 Å². The lowest BCUT2D eigenvalue weighted by Crippen LogP contribution is -1.95. The summed E-state index contributed by atoms with van der Waals surface area (Å²) in [6.45, 7) is 2.26. The summed E-state index contributed by atoms with van der Waals surface area (Å²) in [4.78, 5) is 0. The van der Waals surface area contributed by atoms with E-state index in [9.17, 15) is 5.11 Å². The molecule has 2 rings (SSSR count). The van der Waals surface area contributed by atoms with Crippen molar-refractivity contribution in [2.75, 3.05) is 12.0 Å². The Labute approximate surface area is 133 Å². The first kappa shape index (κ1) is 15.5. The molecular weight excluding hydrogens is 311 g/mol. The van der Waals surface area contributed by atoms with Crippen LogP contribution in [0.4, 0.5) is 5.69 Å². The molecule has 0 aliphatic heterocycles. The van der Waals surface area contributed by atoms with E-state index in [4.69, 9.17) is 27.9 Å². The first-order chi connectivity index (χ1) is 10.1. The van der Waals surface area contributed by atoms with Crippen LogP contribution < -0.4 is 10.2 Å². The molecular formula is C15H14Cl2N2O2. The van der Waals surface area contributed by atoms with E-state index in [1.54, 1.807) is 24.4 Å². The van der Waals surface area contributed by atoms with Crippen LogP contribution >= 0.6 is 23.2 Å². The Morgan fingerprint density at radius 1 is 1.24 bits per heavy atom. The molecule has 0 bridgehead atoms. The van der Waals surface area contributed by atoms with E-state index in [0.717, 1.165) is 0 Å². The van der Waals surface area contributed by atoms with Gasteiger partial charge in [-0.3, -0.25) is 5.43 Å². The number of ether oxygens (including phenoxy) is 1. The summed E-state index contributed by atoms with van der Waals surface area (Å²) in [5.74, 6) is 0.249. The first-order valence-electron chi connectivity index (χ1n) is 6.30. The molecule has 21 heavy (non-hydrogen) atoms. The molecule has 6 heteroatoms. The van der Waals surface area contributed by atoms with Crippen molar-refractivity contribution < 1.29 is 9.84 Å². The fourth-order valence-corrected chi connectivity index (χ4v) is 2.06. The van der Waals surface area contributed by atoms with Crippen LogP contribution in [0.1, 0.15) is 12.5 Å². The van der Waals surface area contributed by atoms with Crippen LogP contribution in [0, 0.1) is 0 Å². The monoisotopic (exact) mass is 324 g/mol. The van der Waals surface area contributed by atoms with E-state index in [1.165, 1.54) is 0 Å². The van der Waals surface area contributed by atoms with Gasteiger partial charge in [-0.1, -0.05) is 35.3 Å². The van der Waals surface area contributed by atoms with Crippen LogP contribution in [0.15, 0.2) is 41.5 Å². The zero-order valence-electron chi connectivity index (χ0n) is 11.3. The van der Waals surface area contributed by atoms with E-state index in [-0.39, 0.29) is 10.8 Å². The number of nitrogens with zero attached hydrogens (tertiary/aromatic N) is 1. The maximum Gasteiger partial charge on any atom is 0.176 e. The van der Waals surface area contributed by atoms with Gasteiger partial charge in [-0.2, -0.15) is 5.10 Å². The van der Waals surface area contributed by atoms with Crippen molar-refractivity contribution >= 4 is 35.1 Å². The number of para-hydroxylation sites is 1. The number of rotatable bonds is 5. The minimum atomic E-state index is -0.0743. The Balaban J connectivity index is 2.16. The van der Waals surface area contributed by atoms with Crippen LogP contribution in [0.3, 0.4) is 0 Å². The zero-order chi connectivity index (χ0) is 15.2. The van der Waals surface area contributed by atoms with E-state index in [2.05, 4.69) is 10.5 Å². The SMILES string of the molecule is CCOc1cc(/C=N/Nc2ccccc2Cl)cc(Cl)c1O. The molecule has 2 aromatic rings. The second kappa shape index (κ2) is 7.20. The van der Waals surface area contributed by atoms with Gasteiger partial charge in [0.05, 0.1) is 28.6 Å². The second-order valence-electron chi connectivity index (χ2n) is 4.13. The predicted octanol–water partition coefficient (Wildman–Crippen LogP) is 4.54. The number of aromatic hydroxyl groups is 1. The molecule has 110 valence electrons. The molecule has 0 spiro atoms. The number of benzene rings is 2. The third kappa shape index (κ3) is 4.03. The summed E-state index contributed by atoms with van der Waals surface area (Å²) < 4.78 is 5.30. The Bertz CT molecular complexity index is 660. The molecule has 4 nitrogen and oxygen atoms in total. The van der Waals surface area contributed by atoms with Crippen molar-refractivity contribution in [1.29, 1.82) is 0 Å². The first-order valence-corrected chi connectivity index (χ1v) is 7.06. The highest BCUT2D eigenvalue weighted by Gasteiger charge is 2.08. The van der Waals surface area contributed by atoms with E-state index < -0.39 is 0 Å². The number of hydrogen-bond donors (Lipinski definition) is 2. The Morgan fingerprint density at radius 2 is 2.00 bits per heavy atom. The summed E-state index contributed by atoms with van der Waals surface area (Å²) in [7, 11) is 0. The van der Waals surface area contributed by atoms with Gasteiger partial charge in [0, 0.05) is 0 Å². The van der Waals surface area contributed by atoms with E-state index >= 15 is 0 Å². The number of hydrazone groups is 1. The van der Waals surface area contributed by atoms with Crippen LogP contribution in [-0.2, 0) is 0 Å². The number of phenols is 1.